The minimum atomic E-state index is 0.922. The van der Waals surface area contributed by atoms with E-state index in [9.17, 15) is 0 Å². The second kappa shape index (κ2) is 5.79. The summed E-state index contributed by atoms with van der Waals surface area (Å²) in [6.07, 6.45) is 8.89. The smallest absolute Gasteiger partial charge is 0.0647 e. The average Bonchev–Trinajstić information content (AvgIpc) is 3.03. The summed E-state index contributed by atoms with van der Waals surface area (Å²) in [5.74, 6) is 0. The maximum atomic E-state index is 4.18. The molecule has 20 heavy (non-hydrogen) atoms. The van der Waals surface area contributed by atoms with Crippen molar-refractivity contribution in [1.29, 1.82) is 0 Å². The van der Waals surface area contributed by atoms with Gasteiger partial charge in [0.2, 0.25) is 0 Å². The Kier molecular flexibility index (Phi) is 3.51. The Balaban J connectivity index is 1.65. The first-order chi connectivity index (χ1) is 9.92. The third kappa shape index (κ3) is 2.89. The predicted octanol–water partition coefficient (Wildman–Crippen LogP) is 2.71. The van der Waals surface area contributed by atoms with Gasteiger partial charge in [-0.1, -0.05) is 0 Å². The van der Waals surface area contributed by atoms with Gasteiger partial charge in [-0.15, -0.1) is 0 Å². The maximum Gasteiger partial charge on any atom is 0.0647 e. The lowest BCUT2D eigenvalue weighted by Crippen LogP contribution is -1.95. The predicted molar refractivity (Wildman–Crippen MR) is 79.0 cm³/mol. The number of rotatable bonds is 4. The van der Waals surface area contributed by atoms with Gasteiger partial charge in [0, 0.05) is 24.8 Å². The fraction of sp³-hybridized carbons (Fsp3) is 0. The number of nitrogens with zero attached hydrogens (tertiary/aromatic N) is 4. The first-order valence-electron chi connectivity index (χ1n) is 6.21. The number of hydrogen-bond acceptors (Lipinski definition) is 4. The molecule has 0 saturated heterocycles. The highest BCUT2D eigenvalue weighted by molar-refractivity contribution is 5.79. The first-order valence-corrected chi connectivity index (χ1v) is 6.21. The molecule has 0 aliphatic heterocycles. The van der Waals surface area contributed by atoms with E-state index in [4.69, 9.17) is 0 Å². The van der Waals surface area contributed by atoms with Crippen LogP contribution in [0.1, 0.15) is 5.56 Å². The molecule has 0 fully saturated rings. The SMILES string of the molecule is C(=N\Nc1ccc(-n2cccn2)cc1)/c1ccncc1. The van der Waals surface area contributed by atoms with E-state index in [-0.39, 0.29) is 0 Å². The number of hydrogen-bond donors (Lipinski definition) is 1. The highest BCUT2D eigenvalue weighted by Crippen LogP contribution is 2.12. The minimum Gasteiger partial charge on any atom is -0.279 e. The van der Waals surface area contributed by atoms with Gasteiger partial charge in [-0.25, -0.2) is 4.68 Å². The van der Waals surface area contributed by atoms with Crippen LogP contribution in [0.15, 0.2) is 72.4 Å². The third-order valence-corrected chi connectivity index (χ3v) is 2.75. The Morgan fingerprint density at radius 1 is 1.00 bits per heavy atom. The minimum absolute atomic E-state index is 0.922. The summed E-state index contributed by atoms with van der Waals surface area (Å²) in [7, 11) is 0. The van der Waals surface area contributed by atoms with Crippen LogP contribution in [0, 0.1) is 0 Å². The summed E-state index contributed by atoms with van der Waals surface area (Å²) in [6, 6.07) is 13.6. The summed E-state index contributed by atoms with van der Waals surface area (Å²) in [5, 5.41) is 8.36. The van der Waals surface area contributed by atoms with E-state index in [0.29, 0.717) is 0 Å². The molecule has 2 aromatic heterocycles. The van der Waals surface area contributed by atoms with Gasteiger partial charge in [-0.05, 0) is 48.0 Å². The van der Waals surface area contributed by atoms with Crippen molar-refractivity contribution in [2.45, 2.75) is 0 Å². The van der Waals surface area contributed by atoms with E-state index in [1.807, 2.05) is 53.3 Å². The summed E-state index contributed by atoms with van der Waals surface area (Å²) in [6.45, 7) is 0. The molecule has 0 spiro atoms. The van der Waals surface area contributed by atoms with Crippen molar-refractivity contribution >= 4 is 11.9 Å². The van der Waals surface area contributed by atoms with Crippen LogP contribution < -0.4 is 5.43 Å². The van der Waals surface area contributed by atoms with Crippen molar-refractivity contribution in [2.75, 3.05) is 5.43 Å². The Hall–Kier alpha value is -2.95. The molecule has 0 aliphatic carbocycles. The summed E-state index contributed by atoms with van der Waals surface area (Å²) in [5.41, 5.74) is 5.92. The highest BCUT2D eigenvalue weighted by Gasteiger charge is 1.95. The lowest BCUT2D eigenvalue weighted by atomic mass is 10.3. The van der Waals surface area contributed by atoms with Crippen LogP contribution in [0.3, 0.4) is 0 Å². The van der Waals surface area contributed by atoms with Gasteiger partial charge in [0.05, 0.1) is 17.6 Å². The van der Waals surface area contributed by atoms with Crippen molar-refractivity contribution in [2.24, 2.45) is 5.10 Å². The van der Waals surface area contributed by atoms with E-state index in [1.54, 1.807) is 24.8 Å². The molecule has 0 radical (unpaired) electrons. The van der Waals surface area contributed by atoms with E-state index in [1.165, 1.54) is 0 Å². The standard InChI is InChI=1S/C15H13N5/c1-8-18-20(11-1)15-4-2-14(3-5-15)19-17-12-13-6-9-16-10-7-13/h1-12,19H/b17-12+. The van der Waals surface area contributed by atoms with Gasteiger partial charge in [0.1, 0.15) is 0 Å². The normalized spacial score (nSPS) is 10.8. The zero-order valence-corrected chi connectivity index (χ0v) is 10.7. The molecule has 5 heteroatoms. The van der Waals surface area contributed by atoms with Gasteiger partial charge in [-0.3, -0.25) is 10.4 Å². The molecular formula is C15H13N5. The maximum absolute atomic E-state index is 4.18. The molecule has 0 bridgehead atoms. The quantitative estimate of drug-likeness (QED) is 0.581. The molecular weight excluding hydrogens is 250 g/mol. The molecule has 0 saturated carbocycles. The lowest BCUT2D eigenvalue weighted by Gasteiger charge is -2.03. The summed E-state index contributed by atoms with van der Waals surface area (Å²) >= 11 is 0. The lowest BCUT2D eigenvalue weighted by molar-refractivity contribution is 0.880. The molecule has 3 rings (SSSR count). The number of hydrazone groups is 1. The number of nitrogens with one attached hydrogen (secondary N) is 1. The topological polar surface area (TPSA) is 55.1 Å². The van der Waals surface area contributed by atoms with Crippen LogP contribution >= 0.6 is 0 Å². The number of pyridine rings is 1. The molecule has 1 N–H and O–H groups in total. The average molecular weight is 263 g/mol. The number of anilines is 1. The second-order valence-corrected chi connectivity index (χ2v) is 4.15. The Bertz CT molecular complexity index is 672. The molecule has 5 nitrogen and oxygen atoms in total. The highest BCUT2D eigenvalue weighted by atomic mass is 15.3. The first kappa shape index (κ1) is 12.1. The molecule has 0 atom stereocenters. The zero-order valence-electron chi connectivity index (χ0n) is 10.7. The largest absolute Gasteiger partial charge is 0.279 e. The Morgan fingerprint density at radius 2 is 1.80 bits per heavy atom. The molecule has 1 aromatic carbocycles. The Labute approximate surface area is 116 Å². The van der Waals surface area contributed by atoms with Crippen LogP contribution in [0.5, 0.6) is 0 Å². The Morgan fingerprint density at radius 3 is 2.50 bits per heavy atom. The van der Waals surface area contributed by atoms with Crippen molar-refractivity contribution in [3.05, 3.63) is 72.8 Å². The van der Waals surface area contributed by atoms with E-state index in [0.717, 1.165) is 16.9 Å². The van der Waals surface area contributed by atoms with Crippen LogP contribution in [0.25, 0.3) is 5.69 Å². The third-order valence-electron chi connectivity index (χ3n) is 2.75. The van der Waals surface area contributed by atoms with E-state index in [2.05, 4.69) is 20.6 Å². The van der Waals surface area contributed by atoms with Gasteiger partial charge in [-0.2, -0.15) is 10.2 Å². The van der Waals surface area contributed by atoms with Crippen molar-refractivity contribution in [3.8, 4) is 5.69 Å². The number of benzene rings is 1. The van der Waals surface area contributed by atoms with Crippen molar-refractivity contribution in [1.82, 2.24) is 14.8 Å². The van der Waals surface area contributed by atoms with E-state index >= 15 is 0 Å². The van der Waals surface area contributed by atoms with E-state index < -0.39 is 0 Å². The van der Waals surface area contributed by atoms with Gasteiger partial charge < -0.3 is 0 Å². The van der Waals surface area contributed by atoms with Crippen LogP contribution in [0.4, 0.5) is 5.69 Å². The molecule has 2 heterocycles. The fourth-order valence-corrected chi connectivity index (χ4v) is 1.74. The van der Waals surface area contributed by atoms with Gasteiger partial charge in [0.15, 0.2) is 0 Å². The summed E-state index contributed by atoms with van der Waals surface area (Å²) in [4.78, 5) is 3.96. The van der Waals surface area contributed by atoms with Crippen LogP contribution in [-0.4, -0.2) is 21.0 Å². The second-order valence-electron chi connectivity index (χ2n) is 4.15. The number of aromatic nitrogens is 3. The zero-order chi connectivity index (χ0) is 13.6. The van der Waals surface area contributed by atoms with Gasteiger partial charge >= 0.3 is 0 Å². The molecule has 0 aliphatic rings. The molecule has 0 unspecified atom stereocenters. The monoisotopic (exact) mass is 263 g/mol. The molecule has 0 amide bonds. The van der Waals surface area contributed by atoms with Crippen molar-refractivity contribution < 1.29 is 0 Å². The molecule has 98 valence electrons. The summed E-state index contributed by atoms with van der Waals surface area (Å²) < 4.78 is 1.81. The van der Waals surface area contributed by atoms with Gasteiger partial charge in [0.25, 0.3) is 0 Å². The van der Waals surface area contributed by atoms with Crippen molar-refractivity contribution in [3.63, 3.8) is 0 Å². The van der Waals surface area contributed by atoms with Crippen LogP contribution in [0.2, 0.25) is 0 Å². The van der Waals surface area contributed by atoms with Crippen LogP contribution in [-0.2, 0) is 0 Å². The molecule has 3 aromatic rings. The fourth-order valence-electron chi connectivity index (χ4n) is 1.74.